The van der Waals surface area contributed by atoms with Gasteiger partial charge in [0.2, 0.25) is 5.12 Å². The summed E-state index contributed by atoms with van der Waals surface area (Å²) in [7, 11) is 1.22. The number of benzene rings is 1. The summed E-state index contributed by atoms with van der Waals surface area (Å²) in [6, 6.07) is 3.20. The molecule has 1 rings (SSSR count). The van der Waals surface area contributed by atoms with Gasteiger partial charge >= 0.3 is 6.16 Å². The van der Waals surface area contributed by atoms with Crippen molar-refractivity contribution in [3.8, 4) is 5.75 Å². The second kappa shape index (κ2) is 7.21. The van der Waals surface area contributed by atoms with Crippen molar-refractivity contribution in [1.29, 1.82) is 0 Å². The zero-order valence-electron chi connectivity index (χ0n) is 10.7. The van der Waals surface area contributed by atoms with Gasteiger partial charge in [0.25, 0.3) is 0 Å². The Morgan fingerprint density at radius 2 is 2.05 bits per heavy atom. The molecule has 0 heterocycles. The molecule has 0 spiro atoms. The Kier molecular flexibility index (Phi) is 5.92. The van der Waals surface area contributed by atoms with Gasteiger partial charge in [0, 0.05) is 10.5 Å². The lowest BCUT2D eigenvalue weighted by atomic mass is 10.2. The number of hydrogen-bond acceptors (Lipinski definition) is 5. The number of hydrogen-bond donors (Lipinski definition) is 0. The second-order valence-corrected chi connectivity index (χ2v) is 4.90. The van der Waals surface area contributed by atoms with Crippen molar-refractivity contribution in [1.82, 2.24) is 0 Å². The number of halogens is 1. The predicted octanol–water partition coefficient (Wildman–Crippen LogP) is 3.99. The summed E-state index contributed by atoms with van der Waals surface area (Å²) >= 11 is 7.15. The summed E-state index contributed by atoms with van der Waals surface area (Å²) in [4.78, 5) is 23.1. The topological polar surface area (TPSA) is 52.6 Å². The van der Waals surface area contributed by atoms with Crippen molar-refractivity contribution in [3.05, 3.63) is 34.9 Å². The fourth-order valence-corrected chi connectivity index (χ4v) is 2.31. The average molecular weight is 301 g/mol. The summed E-state index contributed by atoms with van der Waals surface area (Å²) in [5.41, 5.74) is 0.574. The Morgan fingerprint density at radius 3 is 2.63 bits per heavy atom. The van der Waals surface area contributed by atoms with Crippen LogP contribution in [0.1, 0.15) is 12.5 Å². The first-order valence-corrected chi connectivity index (χ1v) is 6.58. The lowest BCUT2D eigenvalue weighted by Crippen LogP contribution is -2.08. The summed E-state index contributed by atoms with van der Waals surface area (Å²) < 4.78 is 9.33. The average Bonchev–Trinajstić information content (AvgIpc) is 2.38. The van der Waals surface area contributed by atoms with Gasteiger partial charge in [0.15, 0.2) is 0 Å². The van der Waals surface area contributed by atoms with E-state index in [0.717, 1.165) is 11.8 Å². The molecule has 0 unspecified atom stereocenters. The smallest absolute Gasteiger partial charge is 0.437 e. The highest BCUT2D eigenvalue weighted by Gasteiger charge is 2.14. The Hall–Kier alpha value is -1.46. The molecule has 0 aliphatic carbocycles. The third-order valence-corrected chi connectivity index (χ3v) is 3.67. The third-order valence-electron chi connectivity index (χ3n) is 2.17. The Balaban J connectivity index is 2.97. The van der Waals surface area contributed by atoms with Gasteiger partial charge in [-0.3, -0.25) is 4.79 Å². The molecule has 0 bridgehead atoms. The maximum Gasteiger partial charge on any atom is 0.513 e. The van der Waals surface area contributed by atoms with Gasteiger partial charge in [-0.2, -0.15) is 0 Å². The minimum absolute atomic E-state index is 0.120. The van der Waals surface area contributed by atoms with Crippen LogP contribution in [0.2, 0.25) is 5.02 Å². The third kappa shape index (κ3) is 4.29. The zero-order valence-corrected chi connectivity index (χ0v) is 12.3. The summed E-state index contributed by atoms with van der Waals surface area (Å²) in [5.74, 6) is 0.305. The first-order valence-electron chi connectivity index (χ1n) is 5.39. The molecule has 0 saturated carbocycles. The fourth-order valence-electron chi connectivity index (χ4n) is 1.24. The molecule has 0 radical (unpaired) electrons. The normalized spacial score (nSPS) is 10.5. The van der Waals surface area contributed by atoms with E-state index in [1.807, 2.05) is 0 Å². The van der Waals surface area contributed by atoms with E-state index in [-0.39, 0.29) is 5.12 Å². The molecule has 0 amide bonds. The Labute approximate surface area is 120 Å². The molecule has 6 heteroatoms. The summed E-state index contributed by atoms with van der Waals surface area (Å²) in [6.07, 6.45) is 2.30. The number of thioether (sulfide) groups is 1. The Morgan fingerprint density at radius 1 is 1.37 bits per heavy atom. The van der Waals surface area contributed by atoms with Gasteiger partial charge in [0.1, 0.15) is 5.75 Å². The summed E-state index contributed by atoms with van der Waals surface area (Å²) in [5, 5.41) is 0.259. The molecule has 0 aliphatic rings. The SMILES string of the molecule is CC=CC(=O)Sc1ccc(OC(=O)OC)c(C)c1Cl. The Bertz CT molecular complexity index is 526. The van der Waals surface area contributed by atoms with Crippen molar-refractivity contribution in [2.24, 2.45) is 0 Å². The first-order chi connectivity index (χ1) is 8.99. The molecule has 1 aromatic carbocycles. The van der Waals surface area contributed by atoms with Crippen molar-refractivity contribution >= 4 is 34.6 Å². The molecule has 0 N–H and O–H groups in total. The van der Waals surface area contributed by atoms with Crippen LogP contribution < -0.4 is 4.74 Å². The summed E-state index contributed by atoms with van der Waals surface area (Å²) in [6.45, 7) is 3.46. The highest BCUT2D eigenvalue weighted by Crippen LogP contribution is 2.35. The molecular formula is C13H13ClO4S. The standard InChI is InChI=1S/C13H13ClO4S/c1-4-5-11(15)19-10-7-6-9(8(2)12(10)14)18-13(16)17-3/h4-7H,1-3H3. The van der Waals surface area contributed by atoms with E-state index in [9.17, 15) is 9.59 Å². The zero-order chi connectivity index (χ0) is 14.4. The van der Waals surface area contributed by atoms with E-state index in [0.29, 0.717) is 21.2 Å². The number of rotatable bonds is 3. The van der Waals surface area contributed by atoms with E-state index in [1.54, 1.807) is 32.1 Å². The molecule has 1 aromatic rings. The molecule has 0 fully saturated rings. The number of carbonyl (C=O) groups is 2. The van der Waals surface area contributed by atoms with Crippen LogP contribution in [0.15, 0.2) is 29.2 Å². The molecule has 0 aromatic heterocycles. The van der Waals surface area contributed by atoms with Gasteiger partial charge < -0.3 is 9.47 Å². The van der Waals surface area contributed by atoms with E-state index in [1.165, 1.54) is 13.2 Å². The van der Waals surface area contributed by atoms with E-state index in [2.05, 4.69) is 4.74 Å². The molecule has 102 valence electrons. The van der Waals surface area contributed by atoms with Gasteiger partial charge in [-0.05, 0) is 43.8 Å². The van der Waals surface area contributed by atoms with Crippen LogP contribution in [0.25, 0.3) is 0 Å². The monoisotopic (exact) mass is 300 g/mol. The number of carbonyl (C=O) groups excluding carboxylic acids is 2. The molecular weight excluding hydrogens is 288 g/mol. The highest BCUT2D eigenvalue weighted by atomic mass is 35.5. The quantitative estimate of drug-likeness (QED) is 0.366. The van der Waals surface area contributed by atoms with Gasteiger partial charge in [0.05, 0.1) is 12.1 Å². The minimum atomic E-state index is -0.815. The van der Waals surface area contributed by atoms with Crippen LogP contribution in [-0.2, 0) is 9.53 Å². The number of methoxy groups -OCH3 is 1. The predicted molar refractivity (Wildman–Crippen MR) is 74.9 cm³/mol. The van der Waals surface area contributed by atoms with Gasteiger partial charge in [-0.1, -0.05) is 17.7 Å². The van der Waals surface area contributed by atoms with E-state index >= 15 is 0 Å². The van der Waals surface area contributed by atoms with Crippen molar-refractivity contribution in [2.45, 2.75) is 18.7 Å². The minimum Gasteiger partial charge on any atom is -0.437 e. The van der Waals surface area contributed by atoms with Crippen LogP contribution >= 0.6 is 23.4 Å². The van der Waals surface area contributed by atoms with Crippen molar-refractivity contribution in [2.75, 3.05) is 7.11 Å². The van der Waals surface area contributed by atoms with Crippen LogP contribution in [0, 0.1) is 6.92 Å². The van der Waals surface area contributed by atoms with Crippen LogP contribution in [0.3, 0.4) is 0 Å². The van der Waals surface area contributed by atoms with Gasteiger partial charge in [-0.25, -0.2) is 4.79 Å². The maximum absolute atomic E-state index is 11.5. The maximum atomic E-state index is 11.5. The first kappa shape index (κ1) is 15.6. The molecule has 19 heavy (non-hydrogen) atoms. The van der Waals surface area contributed by atoms with Crippen LogP contribution in [-0.4, -0.2) is 18.4 Å². The molecule has 0 saturated heterocycles. The lowest BCUT2D eigenvalue weighted by molar-refractivity contribution is -0.107. The number of ether oxygens (including phenoxy) is 2. The lowest BCUT2D eigenvalue weighted by Gasteiger charge is -2.10. The van der Waals surface area contributed by atoms with Crippen LogP contribution in [0.5, 0.6) is 5.75 Å². The molecule has 0 aliphatic heterocycles. The van der Waals surface area contributed by atoms with Crippen molar-refractivity contribution in [3.63, 3.8) is 0 Å². The van der Waals surface area contributed by atoms with E-state index < -0.39 is 6.16 Å². The second-order valence-electron chi connectivity index (χ2n) is 3.48. The van der Waals surface area contributed by atoms with Crippen molar-refractivity contribution < 1.29 is 19.1 Å². The van der Waals surface area contributed by atoms with Gasteiger partial charge in [-0.15, -0.1) is 0 Å². The number of allylic oxidation sites excluding steroid dienone is 1. The fraction of sp³-hybridized carbons (Fsp3) is 0.231. The highest BCUT2D eigenvalue weighted by molar-refractivity contribution is 8.14. The molecule has 4 nitrogen and oxygen atoms in total. The van der Waals surface area contributed by atoms with E-state index in [4.69, 9.17) is 16.3 Å². The van der Waals surface area contributed by atoms with Crippen LogP contribution in [0.4, 0.5) is 4.79 Å². The molecule has 0 atom stereocenters. The largest absolute Gasteiger partial charge is 0.513 e.